The van der Waals surface area contributed by atoms with E-state index in [0.29, 0.717) is 17.3 Å². The van der Waals surface area contributed by atoms with Crippen LogP contribution < -0.4 is 5.73 Å². The summed E-state index contributed by atoms with van der Waals surface area (Å²) in [7, 11) is 0. The minimum Gasteiger partial charge on any atom is -0.398 e. The van der Waals surface area contributed by atoms with Crippen molar-refractivity contribution in [3.05, 3.63) is 29.1 Å². The molecule has 1 aromatic heterocycles. The summed E-state index contributed by atoms with van der Waals surface area (Å²) in [6.45, 7) is 0. The van der Waals surface area contributed by atoms with E-state index >= 15 is 0 Å². The molecule has 0 saturated carbocycles. The van der Waals surface area contributed by atoms with E-state index in [2.05, 4.69) is 4.98 Å². The number of nitrogen functional groups attached to an aromatic ring is 1. The summed E-state index contributed by atoms with van der Waals surface area (Å²) in [5.41, 5.74) is 6.97. The fourth-order valence-corrected chi connectivity index (χ4v) is 1.01. The molecule has 0 aliphatic carbocycles. The van der Waals surface area contributed by atoms with Gasteiger partial charge in [0, 0.05) is 23.9 Å². The van der Waals surface area contributed by atoms with Crippen LogP contribution in [0, 0.1) is 0 Å². The number of rotatable bonds is 3. The third-order valence-electron chi connectivity index (χ3n) is 1.46. The number of nitrogens with two attached hydrogens (primary N) is 1. The number of pyridine rings is 1. The maximum Gasteiger partial charge on any atom is 0.131 e. The Morgan fingerprint density at radius 1 is 1.62 bits per heavy atom. The minimum absolute atomic E-state index is 0.366. The summed E-state index contributed by atoms with van der Waals surface area (Å²) in [6, 6.07) is 1.57. The molecule has 0 bridgehead atoms. The molecule has 0 aromatic carbocycles. The number of carbonyl (C=O) groups excluding carboxylic acids is 1. The third kappa shape index (κ3) is 2.87. The number of carbonyl (C=O) groups is 1. The zero-order valence-corrected chi connectivity index (χ0v) is 7.66. The lowest BCUT2D eigenvalue weighted by molar-refractivity contribution is -0.107. The number of hydrogen-bond acceptors (Lipinski definition) is 3. The molecule has 0 aliphatic heterocycles. The largest absolute Gasteiger partial charge is 0.398 e. The monoisotopic (exact) mass is 196 g/mol. The second-order valence-corrected chi connectivity index (χ2v) is 2.83. The van der Waals surface area contributed by atoms with Gasteiger partial charge in [-0.05, 0) is 6.07 Å². The average Bonchev–Trinajstić information content (AvgIpc) is 2.09. The van der Waals surface area contributed by atoms with Crippen molar-refractivity contribution in [2.45, 2.75) is 6.42 Å². The van der Waals surface area contributed by atoms with Gasteiger partial charge in [0.15, 0.2) is 0 Å². The third-order valence-corrected chi connectivity index (χ3v) is 1.67. The number of aldehydes is 1. The molecule has 3 nitrogen and oxygen atoms in total. The molecule has 1 aromatic rings. The van der Waals surface area contributed by atoms with Crippen LogP contribution in [0.4, 0.5) is 5.69 Å². The Hall–Kier alpha value is -1.35. The zero-order chi connectivity index (χ0) is 9.68. The number of halogens is 1. The van der Waals surface area contributed by atoms with Gasteiger partial charge in [-0.2, -0.15) is 0 Å². The molecule has 13 heavy (non-hydrogen) atoms. The summed E-state index contributed by atoms with van der Waals surface area (Å²) in [4.78, 5) is 13.9. The van der Waals surface area contributed by atoms with Crippen LogP contribution in [0.2, 0.25) is 5.15 Å². The Morgan fingerprint density at radius 3 is 3.00 bits per heavy atom. The molecule has 2 N–H and O–H groups in total. The van der Waals surface area contributed by atoms with Crippen LogP contribution in [0.3, 0.4) is 0 Å². The van der Waals surface area contributed by atoms with E-state index in [1.807, 2.05) is 0 Å². The Kier molecular flexibility index (Phi) is 3.46. The minimum atomic E-state index is 0.366. The number of anilines is 1. The molecule has 0 radical (unpaired) electrons. The van der Waals surface area contributed by atoms with Crippen LogP contribution in [0.25, 0.3) is 6.08 Å². The van der Waals surface area contributed by atoms with Gasteiger partial charge < -0.3 is 10.5 Å². The topological polar surface area (TPSA) is 56.0 Å². The van der Waals surface area contributed by atoms with Gasteiger partial charge in [-0.3, -0.25) is 0 Å². The average molecular weight is 197 g/mol. The highest BCUT2D eigenvalue weighted by Gasteiger charge is 1.96. The molecule has 0 unspecified atom stereocenters. The van der Waals surface area contributed by atoms with Crippen molar-refractivity contribution in [3.63, 3.8) is 0 Å². The fourth-order valence-electron chi connectivity index (χ4n) is 0.844. The van der Waals surface area contributed by atoms with Gasteiger partial charge in [0.25, 0.3) is 0 Å². The van der Waals surface area contributed by atoms with Crippen molar-refractivity contribution in [1.82, 2.24) is 4.98 Å². The smallest absolute Gasteiger partial charge is 0.131 e. The van der Waals surface area contributed by atoms with E-state index in [9.17, 15) is 4.79 Å². The highest BCUT2D eigenvalue weighted by atomic mass is 35.5. The number of hydrogen-bond donors (Lipinski definition) is 1. The molecule has 0 saturated heterocycles. The van der Waals surface area contributed by atoms with Crippen molar-refractivity contribution < 1.29 is 4.79 Å². The Morgan fingerprint density at radius 2 is 2.38 bits per heavy atom. The van der Waals surface area contributed by atoms with Crippen LogP contribution in [-0.2, 0) is 4.79 Å². The summed E-state index contributed by atoms with van der Waals surface area (Å²) in [6.07, 6.45) is 6.22. The number of nitrogens with zero attached hydrogens (tertiary/aromatic N) is 1. The molecule has 0 atom stereocenters. The second-order valence-electron chi connectivity index (χ2n) is 2.44. The first-order valence-electron chi connectivity index (χ1n) is 3.75. The molecule has 0 spiro atoms. The van der Waals surface area contributed by atoms with E-state index < -0.39 is 0 Å². The van der Waals surface area contributed by atoms with Crippen LogP contribution >= 0.6 is 11.6 Å². The van der Waals surface area contributed by atoms with Gasteiger partial charge in [0.2, 0.25) is 0 Å². The fraction of sp³-hybridized carbons (Fsp3) is 0.111. The number of allylic oxidation sites excluding steroid dienone is 1. The van der Waals surface area contributed by atoms with Crippen LogP contribution in [0.5, 0.6) is 0 Å². The Balaban J connectivity index is 2.83. The predicted octanol–water partition coefficient (Wildman–Crippen LogP) is 1.92. The number of aromatic nitrogens is 1. The van der Waals surface area contributed by atoms with E-state index in [1.165, 1.54) is 0 Å². The molecule has 0 aliphatic rings. The lowest BCUT2D eigenvalue weighted by Gasteiger charge is -1.98. The van der Waals surface area contributed by atoms with E-state index in [1.54, 1.807) is 24.4 Å². The second kappa shape index (κ2) is 4.62. The zero-order valence-electron chi connectivity index (χ0n) is 6.90. The van der Waals surface area contributed by atoms with Gasteiger partial charge in [0.05, 0.1) is 0 Å². The summed E-state index contributed by atoms with van der Waals surface area (Å²) < 4.78 is 0. The lowest BCUT2D eigenvalue weighted by Crippen LogP contribution is -1.90. The molecule has 1 rings (SSSR count). The highest BCUT2D eigenvalue weighted by molar-refractivity contribution is 6.29. The lowest BCUT2D eigenvalue weighted by atomic mass is 10.2. The van der Waals surface area contributed by atoms with Crippen molar-refractivity contribution in [2.24, 2.45) is 0 Å². The summed E-state index contributed by atoms with van der Waals surface area (Å²) in [5, 5.41) is 0.366. The summed E-state index contributed by atoms with van der Waals surface area (Å²) in [5.74, 6) is 0. The first kappa shape index (κ1) is 9.74. The van der Waals surface area contributed by atoms with Gasteiger partial charge in [-0.1, -0.05) is 23.8 Å². The van der Waals surface area contributed by atoms with Crippen LogP contribution in [0.1, 0.15) is 12.0 Å². The van der Waals surface area contributed by atoms with Gasteiger partial charge in [0.1, 0.15) is 11.4 Å². The van der Waals surface area contributed by atoms with Crippen molar-refractivity contribution in [1.29, 1.82) is 0 Å². The summed E-state index contributed by atoms with van der Waals surface area (Å²) >= 11 is 5.61. The van der Waals surface area contributed by atoms with E-state index in [4.69, 9.17) is 17.3 Å². The molecule has 0 fully saturated rings. The van der Waals surface area contributed by atoms with Gasteiger partial charge >= 0.3 is 0 Å². The first-order chi connectivity index (χ1) is 6.24. The standard InChI is InChI=1S/C9H9ClN2O/c10-9-5-8(11)7(6-12-9)3-1-2-4-13/h1,3-6H,2H2,(H2,11,12). The van der Waals surface area contributed by atoms with E-state index in [-0.39, 0.29) is 0 Å². The van der Waals surface area contributed by atoms with Crippen molar-refractivity contribution in [3.8, 4) is 0 Å². The maximum absolute atomic E-state index is 10.0. The molecule has 0 amide bonds. The quantitative estimate of drug-likeness (QED) is 0.594. The normalized spacial score (nSPS) is 10.5. The molecule has 68 valence electrons. The SMILES string of the molecule is Nc1cc(Cl)ncc1C=CCC=O. The molecular weight excluding hydrogens is 188 g/mol. The van der Waals surface area contributed by atoms with Gasteiger partial charge in [-0.25, -0.2) is 4.98 Å². The Labute approximate surface area is 81.2 Å². The van der Waals surface area contributed by atoms with Crippen LogP contribution in [0.15, 0.2) is 18.3 Å². The van der Waals surface area contributed by atoms with Crippen molar-refractivity contribution in [2.75, 3.05) is 5.73 Å². The van der Waals surface area contributed by atoms with Gasteiger partial charge in [-0.15, -0.1) is 0 Å². The van der Waals surface area contributed by atoms with Crippen molar-refractivity contribution >= 4 is 29.7 Å². The molecule has 4 heteroatoms. The highest BCUT2D eigenvalue weighted by Crippen LogP contribution is 2.16. The predicted molar refractivity (Wildman–Crippen MR) is 53.4 cm³/mol. The first-order valence-corrected chi connectivity index (χ1v) is 4.13. The molecule has 1 heterocycles. The van der Waals surface area contributed by atoms with E-state index in [0.717, 1.165) is 11.8 Å². The van der Waals surface area contributed by atoms with Crippen LogP contribution in [-0.4, -0.2) is 11.3 Å². The molecular formula is C9H9ClN2O. The maximum atomic E-state index is 10.0. The Bertz CT molecular complexity index is 336.